The molecule has 0 spiro atoms. The fourth-order valence-electron chi connectivity index (χ4n) is 3.54. The van der Waals surface area contributed by atoms with Gasteiger partial charge in [-0.25, -0.2) is 4.39 Å². The van der Waals surface area contributed by atoms with E-state index in [-0.39, 0.29) is 17.6 Å². The second-order valence-electron chi connectivity index (χ2n) is 7.37. The first-order valence-corrected chi connectivity index (χ1v) is 10.2. The van der Waals surface area contributed by atoms with E-state index < -0.39 is 0 Å². The molecule has 2 heterocycles. The molecule has 0 N–H and O–H groups in total. The fourth-order valence-corrected chi connectivity index (χ4v) is 3.89. The van der Waals surface area contributed by atoms with E-state index in [0.29, 0.717) is 54.9 Å². The van der Waals surface area contributed by atoms with Crippen molar-refractivity contribution < 1.29 is 9.18 Å². The van der Waals surface area contributed by atoms with Crippen LogP contribution in [-0.2, 0) is 17.9 Å². The Morgan fingerprint density at radius 2 is 1.89 bits per heavy atom. The van der Waals surface area contributed by atoms with E-state index in [1.165, 1.54) is 6.07 Å². The monoisotopic (exact) mass is 426 g/mol. The van der Waals surface area contributed by atoms with Gasteiger partial charge in [0.2, 0.25) is 5.91 Å². The van der Waals surface area contributed by atoms with Gasteiger partial charge in [0.25, 0.3) is 0 Å². The zero-order valence-electron chi connectivity index (χ0n) is 16.4. The van der Waals surface area contributed by atoms with Crippen molar-refractivity contribution in [1.29, 1.82) is 0 Å². The Hall–Kier alpha value is -1.63. The van der Waals surface area contributed by atoms with Gasteiger partial charge in [0, 0.05) is 43.3 Å². The van der Waals surface area contributed by atoms with Gasteiger partial charge in [-0.15, -0.1) is 0 Å². The number of carbonyl (C=O) groups excluding carboxylic acids is 1. The second-order valence-corrected chi connectivity index (χ2v) is 8.15. The third-order valence-electron chi connectivity index (χ3n) is 5.29. The summed E-state index contributed by atoms with van der Waals surface area (Å²) in [5.41, 5.74) is 2.17. The van der Waals surface area contributed by atoms with Crippen LogP contribution in [0.2, 0.25) is 10.0 Å². The van der Waals surface area contributed by atoms with E-state index in [9.17, 15) is 9.18 Å². The molecule has 1 aromatic carbocycles. The summed E-state index contributed by atoms with van der Waals surface area (Å²) in [6, 6.07) is 4.73. The molecule has 1 aromatic heterocycles. The van der Waals surface area contributed by atoms with E-state index >= 15 is 0 Å². The highest BCUT2D eigenvalue weighted by molar-refractivity contribution is 6.32. The van der Waals surface area contributed by atoms with Gasteiger partial charge < -0.3 is 4.90 Å². The SMILES string of the molecule is Cc1nn(CC(C)C(=O)N2CCN(Cc3c(F)cccc3Cl)CC2)c(C)c1Cl. The van der Waals surface area contributed by atoms with Crippen LogP contribution in [0, 0.1) is 25.6 Å². The van der Waals surface area contributed by atoms with Crippen LogP contribution < -0.4 is 0 Å². The molecule has 2 aromatic rings. The minimum absolute atomic E-state index is 0.104. The molecule has 1 aliphatic heterocycles. The van der Waals surface area contributed by atoms with E-state index in [0.717, 1.165) is 11.4 Å². The normalized spacial score (nSPS) is 16.4. The number of aromatic nitrogens is 2. The highest BCUT2D eigenvalue weighted by Crippen LogP contribution is 2.22. The summed E-state index contributed by atoms with van der Waals surface area (Å²) in [7, 11) is 0. The van der Waals surface area contributed by atoms with E-state index in [4.69, 9.17) is 23.2 Å². The maximum Gasteiger partial charge on any atom is 0.227 e. The summed E-state index contributed by atoms with van der Waals surface area (Å²) in [6.07, 6.45) is 0. The number of nitrogens with zero attached hydrogens (tertiary/aromatic N) is 4. The van der Waals surface area contributed by atoms with Crippen molar-refractivity contribution >= 4 is 29.1 Å². The number of piperazine rings is 1. The molecule has 8 heteroatoms. The average molecular weight is 427 g/mol. The molecule has 1 atom stereocenters. The topological polar surface area (TPSA) is 41.4 Å². The first-order chi connectivity index (χ1) is 13.3. The molecule has 0 radical (unpaired) electrons. The lowest BCUT2D eigenvalue weighted by Crippen LogP contribution is -2.50. The van der Waals surface area contributed by atoms with Crippen molar-refractivity contribution in [2.24, 2.45) is 5.92 Å². The lowest BCUT2D eigenvalue weighted by atomic mass is 10.1. The molecule has 3 rings (SSSR count). The summed E-state index contributed by atoms with van der Waals surface area (Å²) in [6.45, 7) is 9.25. The van der Waals surface area contributed by atoms with Crippen LogP contribution in [0.25, 0.3) is 0 Å². The predicted octanol–water partition coefficient (Wildman–Crippen LogP) is 3.93. The number of carbonyl (C=O) groups is 1. The van der Waals surface area contributed by atoms with Crippen LogP contribution in [0.3, 0.4) is 0 Å². The summed E-state index contributed by atoms with van der Waals surface area (Å²) >= 11 is 12.3. The Morgan fingerprint density at radius 3 is 2.46 bits per heavy atom. The summed E-state index contributed by atoms with van der Waals surface area (Å²) in [5, 5.41) is 5.50. The number of aryl methyl sites for hydroxylation is 1. The van der Waals surface area contributed by atoms with Crippen molar-refractivity contribution in [3.05, 3.63) is 51.0 Å². The number of rotatable bonds is 5. The van der Waals surface area contributed by atoms with Crippen LogP contribution in [-0.4, -0.2) is 51.7 Å². The quantitative estimate of drug-likeness (QED) is 0.726. The molecule has 0 bridgehead atoms. The number of benzene rings is 1. The molecule has 1 aliphatic rings. The number of halogens is 3. The Bertz CT molecular complexity index is 842. The van der Waals surface area contributed by atoms with Gasteiger partial charge in [0.05, 0.1) is 28.9 Å². The van der Waals surface area contributed by atoms with Gasteiger partial charge in [-0.3, -0.25) is 14.4 Å². The van der Waals surface area contributed by atoms with Gasteiger partial charge in [-0.1, -0.05) is 36.2 Å². The zero-order chi connectivity index (χ0) is 20.4. The van der Waals surface area contributed by atoms with Gasteiger partial charge in [-0.05, 0) is 26.0 Å². The number of hydrogen-bond acceptors (Lipinski definition) is 3. The molecule has 1 amide bonds. The largest absolute Gasteiger partial charge is 0.340 e. The van der Waals surface area contributed by atoms with Gasteiger partial charge >= 0.3 is 0 Å². The maximum absolute atomic E-state index is 14.0. The van der Waals surface area contributed by atoms with Crippen molar-refractivity contribution in [3.8, 4) is 0 Å². The molecular weight excluding hydrogens is 402 g/mol. The Labute approximate surface area is 175 Å². The maximum atomic E-state index is 14.0. The van der Waals surface area contributed by atoms with E-state index in [1.807, 2.05) is 25.7 Å². The highest BCUT2D eigenvalue weighted by atomic mass is 35.5. The highest BCUT2D eigenvalue weighted by Gasteiger charge is 2.26. The van der Waals surface area contributed by atoms with Crippen LogP contribution in [0.1, 0.15) is 23.9 Å². The van der Waals surface area contributed by atoms with Gasteiger partial charge in [0.1, 0.15) is 5.82 Å². The van der Waals surface area contributed by atoms with Crippen LogP contribution in [0.5, 0.6) is 0 Å². The molecule has 0 aliphatic carbocycles. The fraction of sp³-hybridized carbons (Fsp3) is 0.500. The lowest BCUT2D eigenvalue weighted by molar-refractivity contribution is -0.137. The first kappa shape index (κ1) is 21.1. The molecule has 1 saturated heterocycles. The first-order valence-electron chi connectivity index (χ1n) is 9.41. The molecule has 1 unspecified atom stereocenters. The van der Waals surface area contributed by atoms with Crippen molar-refractivity contribution in [2.75, 3.05) is 26.2 Å². The molecule has 5 nitrogen and oxygen atoms in total. The number of amides is 1. The van der Waals surface area contributed by atoms with Gasteiger partial charge in [-0.2, -0.15) is 5.10 Å². The van der Waals surface area contributed by atoms with Crippen LogP contribution in [0.4, 0.5) is 4.39 Å². The van der Waals surface area contributed by atoms with E-state index in [2.05, 4.69) is 10.00 Å². The van der Waals surface area contributed by atoms with Crippen molar-refractivity contribution in [1.82, 2.24) is 19.6 Å². The number of hydrogen-bond donors (Lipinski definition) is 0. The molecule has 0 saturated carbocycles. The molecular formula is C20H25Cl2FN4O. The Kier molecular flexibility index (Phi) is 6.63. The van der Waals surface area contributed by atoms with Gasteiger partial charge in [0.15, 0.2) is 0 Å². The minimum atomic E-state index is -0.289. The predicted molar refractivity (Wildman–Crippen MR) is 109 cm³/mol. The molecule has 152 valence electrons. The summed E-state index contributed by atoms with van der Waals surface area (Å²) < 4.78 is 15.8. The Balaban J connectivity index is 1.55. The zero-order valence-corrected chi connectivity index (χ0v) is 17.9. The minimum Gasteiger partial charge on any atom is -0.340 e. The summed E-state index contributed by atoms with van der Waals surface area (Å²) in [5.74, 6) is -0.378. The second kappa shape index (κ2) is 8.80. The summed E-state index contributed by atoms with van der Waals surface area (Å²) in [4.78, 5) is 16.8. The smallest absolute Gasteiger partial charge is 0.227 e. The van der Waals surface area contributed by atoms with Crippen molar-refractivity contribution in [2.45, 2.75) is 33.9 Å². The lowest BCUT2D eigenvalue weighted by Gasteiger charge is -2.36. The third kappa shape index (κ3) is 4.50. The average Bonchev–Trinajstić information content (AvgIpc) is 2.91. The molecule has 1 fully saturated rings. The Morgan fingerprint density at radius 1 is 1.21 bits per heavy atom. The van der Waals surface area contributed by atoms with Crippen LogP contribution in [0.15, 0.2) is 18.2 Å². The van der Waals surface area contributed by atoms with Crippen LogP contribution >= 0.6 is 23.2 Å². The van der Waals surface area contributed by atoms with Crippen molar-refractivity contribution in [3.63, 3.8) is 0 Å². The molecule has 28 heavy (non-hydrogen) atoms. The third-order valence-corrected chi connectivity index (χ3v) is 6.19. The van der Waals surface area contributed by atoms with E-state index in [1.54, 1.807) is 16.8 Å². The standard InChI is InChI=1S/C20H25Cl2FN4O/c1-13(11-27-15(3)19(22)14(2)24-27)20(28)26-9-7-25(8-10-26)12-16-17(21)5-4-6-18(16)23/h4-6,13H,7-12H2,1-3H3.